The lowest BCUT2D eigenvalue weighted by Gasteiger charge is -2.49. The maximum atomic E-state index is 14.6. The number of amides is 4. The average molecular weight is 714 g/mol. The molecule has 3 saturated heterocycles. The second-order valence-electron chi connectivity index (χ2n) is 14.0. The summed E-state index contributed by atoms with van der Waals surface area (Å²) in [6, 6.07) is 18.4. The lowest BCUT2D eigenvalue weighted by Crippen LogP contribution is -2.48. The van der Waals surface area contributed by atoms with E-state index >= 15 is 0 Å². The topological polar surface area (TPSA) is 117 Å². The van der Waals surface area contributed by atoms with E-state index in [0.29, 0.717) is 31.1 Å². The Kier molecular flexibility index (Phi) is 8.47. The van der Waals surface area contributed by atoms with E-state index in [4.69, 9.17) is 21.1 Å². The predicted molar refractivity (Wildman–Crippen MR) is 187 cm³/mol. The molecule has 3 aromatic carbocycles. The number of morpholine rings is 1. The minimum Gasteiger partial charge on any atom is -0.491 e. The van der Waals surface area contributed by atoms with Crippen LogP contribution in [0, 0.1) is 34.9 Å². The fourth-order valence-electron chi connectivity index (χ4n) is 9.07. The number of imide groups is 2. The summed E-state index contributed by atoms with van der Waals surface area (Å²) in [6.07, 6.45) is 2.51. The molecular formula is C39H37ClFN3O7. The Hall–Kier alpha value is -4.58. The summed E-state index contributed by atoms with van der Waals surface area (Å²) in [6.45, 7) is 4.54. The van der Waals surface area contributed by atoms with Crippen molar-refractivity contribution in [3.05, 3.63) is 94.8 Å². The Labute approximate surface area is 299 Å². The number of carbonyl (C=O) groups is 4. The Morgan fingerprint density at radius 2 is 1.57 bits per heavy atom. The monoisotopic (exact) mass is 713 g/mol. The van der Waals surface area contributed by atoms with Gasteiger partial charge in [0, 0.05) is 24.7 Å². The molecule has 6 atom stereocenters. The molecule has 3 aromatic rings. The zero-order valence-electron chi connectivity index (χ0n) is 28.0. The normalized spacial score (nSPS) is 28.8. The van der Waals surface area contributed by atoms with E-state index < -0.39 is 52.6 Å². The Morgan fingerprint density at radius 3 is 2.25 bits per heavy atom. The van der Waals surface area contributed by atoms with Crippen molar-refractivity contribution >= 4 is 52.3 Å². The van der Waals surface area contributed by atoms with Crippen molar-refractivity contribution in [2.75, 3.05) is 54.2 Å². The predicted octanol–water partition coefficient (Wildman–Crippen LogP) is 5.12. The van der Waals surface area contributed by atoms with Crippen molar-refractivity contribution in [1.82, 2.24) is 0 Å². The number of anilines is 3. The maximum Gasteiger partial charge on any atom is 0.241 e. The molecule has 0 radical (unpaired) electrons. The average Bonchev–Trinajstić information content (AvgIpc) is 3.52. The molecule has 3 heterocycles. The van der Waals surface area contributed by atoms with Crippen molar-refractivity contribution in [3.8, 4) is 5.75 Å². The van der Waals surface area contributed by atoms with Crippen LogP contribution in [0.1, 0.15) is 31.2 Å². The van der Waals surface area contributed by atoms with E-state index in [1.165, 1.54) is 17.0 Å². The number of rotatable bonds is 7. The van der Waals surface area contributed by atoms with Crippen LogP contribution in [0.25, 0.3) is 0 Å². The number of aliphatic hydroxyl groups is 1. The molecule has 2 aliphatic carbocycles. The van der Waals surface area contributed by atoms with Crippen LogP contribution in [0.4, 0.5) is 21.5 Å². The van der Waals surface area contributed by atoms with Crippen LogP contribution < -0.4 is 19.4 Å². The van der Waals surface area contributed by atoms with Gasteiger partial charge in [-0.2, -0.15) is 0 Å². The van der Waals surface area contributed by atoms with Gasteiger partial charge in [0.05, 0.1) is 59.4 Å². The number of aliphatic hydroxyl groups excluding tert-OH is 1. The lowest BCUT2D eigenvalue weighted by molar-refractivity contribution is -0.131. The summed E-state index contributed by atoms with van der Waals surface area (Å²) in [7, 11) is 0. The molecule has 51 heavy (non-hydrogen) atoms. The van der Waals surface area contributed by atoms with E-state index in [1.807, 2.05) is 30.3 Å². The van der Waals surface area contributed by atoms with Gasteiger partial charge >= 0.3 is 0 Å². The molecule has 3 aliphatic heterocycles. The minimum absolute atomic E-state index is 0.115. The second kappa shape index (κ2) is 12.9. The quantitative estimate of drug-likeness (QED) is 0.265. The molecule has 0 aromatic heterocycles. The molecule has 0 spiro atoms. The molecule has 0 bridgehead atoms. The number of fused-ring (bicyclic) bond motifs is 4. The van der Waals surface area contributed by atoms with Crippen molar-refractivity contribution in [3.63, 3.8) is 0 Å². The highest BCUT2D eigenvalue weighted by molar-refractivity contribution is 6.32. The molecule has 4 amide bonds. The smallest absolute Gasteiger partial charge is 0.241 e. The Bertz CT molecular complexity index is 1950. The number of nitrogens with zero attached hydrogens (tertiary/aromatic N) is 3. The van der Waals surface area contributed by atoms with E-state index in [2.05, 4.69) is 4.90 Å². The first-order valence-corrected chi connectivity index (χ1v) is 17.7. The van der Waals surface area contributed by atoms with Crippen LogP contribution in [0.2, 0.25) is 5.02 Å². The second-order valence-corrected chi connectivity index (χ2v) is 14.4. The van der Waals surface area contributed by atoms with Gasteiger partial charge in [-0.25, -0.2) is 9.29 Å². The molecular weight excluding hydrogens is 677 g/mol. The van der Waals surface area contributed by atoms with Crippen LogP contribution in [-0.2, 0) is 23.9 Å². The van der Waals surface area contributed by atoms with Gasteiger partial charge in [-0.05, 0) is 85.8 Å². The van der Waals surface area contributed by atoms with Gasteiger partial charge in [0.25, 0.3) is 0 Å². The van der Waals surface area contributed by atoms with E-state index in [-0.39, 0.29) is 42.2 Å². The highest BCUT2D eigenvalue weighted by atomic mass is 35.5. The first-order valence-electron chi connectivity index (χ1n) is 17.3. The van der Waals surface area contributed by atoms with Gasteiger partial charge in [0.2, 0.25) is 23.6 Å². The number of benzene rings is 3. The summed E-state index contributed by atoms with van der Waals surface area (Å²) in [5.74, 6) is -4.88. The maximum absolute atomic E-state index is 14.6. The third-order valence-electron chi connectivity index (χ3n) is 11.5. The fraction of sp³-hybridized carbons (Fsp3) is 0.385. The SMILES string of the molecule is CC12C(=O)N(c3ccc(F)c(Cl)c3)C(=O)C1CC1C(=CCC3C(=O)N(c4ccc(N5CCOCC5)cc4)C(=O)C31)C2c1ccc(OCCO)cc1. The van der Waals surface area contributed by atoms with Crippen molar-refractivity contribution in [2.24, 2.45) is 29.1 Å². The highest BCUT2D eigenvalue weighted by Gasteiger charge is 2.67. The summed E-state index contributed by atoms with van der Waals surface area (Å²) in [5, 5.41) is 9.02. The van der Waals surface area contributed by atoms with Gasteiger partial charge in [-0.15, -0.1) is 0 Å². The van der Waals surface area contributed by atoms with Crippen LogP contribution in [0.5, 0.6) is 5.75 Å². The minimum atomic E-state index is -1.26. The first kappa shape index (κ1) is 33.6. The van der Waals surface area contributed by atoms with Gasteiger partial charge in [0.15, 0.2) is 0 Å². The Balaban J connectivity index is 1.17. The molecule has 8 rings (SSSR count). The summed E-state index contributed by atoms with van der Waals surface area (Å²) < 4.78 is 25.2. The number of carbonyl (C=O) groups excluding carboxylic acids is 4. The molecule has 1 saturated carbocycles. The van der Waals surface area contributed by atoms with Crippen molar-refractivity contribution in [2.45, 2.75) is 25.7 Å². The van der Waals surface area contributed by atoms with Gasteiger partial charge in [-0.1, -0.05) is 35.4 Å². The number of allylic oxidation sites excluding steroid dienone is 2. The third kappa shape index (κ3) is 5.27. The van der Waals surface area contributed by atoms with E-state index in [9.17, 15) is 28.7 Å². The largest absolute Gasteiger partial charge is 0.491 e. The zero-order chi connectivity index (χ0) is 35.6. The highest BCUT2D eigenvalue weighted by Crippen LogP contribution is 2.63. The molecule has 10 nitrogen and oxygen atoms in total. The van der Waals surface area contributed by atoms with E-state index in [0.717, 1.165) is 40.9 Å². The van der Waals surface area contributed by atoms with Crippen LogP contribution >= 0.6 is 11.6 Å². The van der Waals surface area contributed by atoms with Crippen molar-refractivity contribution < 1.29 is 38.1 Å². The molecule has 12 heteroatoms. The summed E-state index contributed by atoms with van der Waals surface area (Å²) in [4.78, 5) is 62.1. The summed E-state index contributed by atoms with van der Waals surface area (Å²) >= 11 is 6.11. The lowest BCUT2D eigenvalue weighted by atomic mass is 9.51. The molecule has 5 aliphatic rings. The van der Waals surface area contributed by atoms with Crippen LogP contribution in [-0.4, -0.2) is 68.3 Å². The zero-order valence-corrected chi connectivity index (χ0v) is 28.7. The molecule has 1 N–H and O–H groups in total. The number of hydrogen-bond acceptors (Lipinski definition) is 8. The van der Waals surface area contributed by atoms with Crippen LogP contribution in [0.3, 0.4) is 0 Å². The van der Waals surface area contributed by atoms with Crippen LogP contribution in [0.15, 0.2) is 78.4 Å². The number of hydrogen-bond donors (Lipinski definition) is 1. The number of ether oxygens (including phenoxy) is 2. The first-order chi connectivity index (χ1) is 24.6. The van der Waals surface area contributed by atoms with Gasteiger partial charge in [-0.3, -0.25) is 24.1 Å². The molecule has 4 fully saturated rings. The van der Waals surface area contributed by atoms with Gasteiger partial charge in [0.1, 0.15) is 18.2 Å². The fourth-order valence-corrected chi connectivity index (χ4v) is 9.25. The molecule has 264 valence electrons. The van der Waals surface area contributed by atoms with Crippen molar-refractivity contribution in [1.29, 1.82) is 0 Å². The number of halogens is 2. The van der Waals surface area contributed by atoms with E-state index in [1.54, 1.807) is 31.2 Å². The Morgan fingerprint density at radius 1 is 0.882 bits per heavy atom. The third-order valence-corrected chi connectivity index (χ3v) is 11.8. The standard InChI is InChI=1S/C39H37ClFN3O7/c1-39-30(36(47)44(38(39)49)25-8-13-32(41)31(40)20-25)21-29-27(34(39)22-2-9-26(10-3-22)51-19-16-45)11-12-28-33(29)37(48)43(35(28)46)24-6-4-23(5-7-24)42-14-17-50-18-15-42/h2-11,13,20,28-30,33-34,45H,12,14-19,21H2,1H3. The van der Waals surface area contributed by atoms with Gasteiger partial charge < -0.3 is 19.5 Å². The summed E-state index contributed by atoms with van der Waals surface area (Å²) in [5.41, 5.74) is 2.00. The molecule has 6 unspecified atom stereocenters.